The maximum atomic E-state index is 12.5. The van der Waals surface area contributed by atoms with E-state index in [2.05, 4.69) is 16.2 Å². The molecule has 2 aromatic heterocycles. The van der Waals surface area contributed by atoms with Crippen LogP contribution in [0.2, 0.25) is 0 Å². The zero-order valence-corrected chi connectivity index (χ0v) is 18.1. The summed E-state index contributed by atoms with van der Waals surface area (Å²) in [5.41, 5.74) is 3.07. The van der Waals surface area contributed by atoms with Crippen LogP contribution in [0, 0.1) is 6.92 Å². The number of aromatic nitrogens is 2. The molecule has 2 saturated heterocycles. The fraction of sp³-hybridized carbons (Fsp3) is 0.619. The number of nitrogens with zero attached hydrogens (tertiary/aromatic N) is 4. The highest BCUT2D eigenvalue weighted by atomic mass is 32.2. The van der Waals surface area contributed by atoms with Crippen LogP contribution in [0.15, 0.2) is 24.4 Å². The van der Waals surface area contributed by atoms with E-state index in [0.29, 0.717) is 13.0 Å². The maximum absolute atomic E-state index is 12.5. The Morgan fingerprint density at radius 3 is 2.76 bits per heavy atom. The van der Waals surface area contributed by atoms with Crippen LogP contribution in [0.5, 0.6) is 0 Å². The smallest absolute Gasteiger partial charge is 0.223 e. The molecular formula is C21H30N4O3S. The molecule has 2 aliphatic rings. The lowest BCUT2D eigenvalue weighted by Gasteiger charge is -2.38. The molecule has 29 heavy (non-hydrogen) atoms. The number of fused-ring (bicyclic) bond motifs is 1. The molecule has 0 radical (unpaired) electrons. The molecule has 2 aromatic rings. The molecule has 1 atom stereocenters. The Kier molecular flexibility index (Phi) is 5.42. The second-order valence-corrected chi connectivity index (χ2v) is 10.9. The van der Waals surface area contributed by atoms with Crippen molar-refractivity contribution in [2.45, 2.75) is 51.1 Å². The van der Waals surface area contributed by atoms with Crippen LogP contribution in [0.3, 0.4) is 0 Å². The molecule has 2 fully saturated rings. The molecule has 0 N–H and O–H groups in total. The molecule has 7 nitrogen and oxygen atoms in total. The monoisotopic (exact) mass is 418 g/mol. The minimum atomic E-state index is -3.08. The van der Waals surface area contributed by atoms with Crippen molar-refractivity contribution in [3.05, 3.63) is 35.8 Å². The van der Waals surface area contributed by atoms with Crippen LogP contribution in [-0.4, -0.2) is 70.7 Å². The van der Waals surface area contributed by atoms with Gasteiger partial charge >= 0.3 is 0 Å². The number of likely N-dealkylation sites (tertiary alicyclic amines) is 2. The molecular weight excluding hydrogens is 388 g/mol. The Hall–Kier alpha value is -1.93. The van der Waals surface area contributed by atoms with E-state index in [0.717, 1.165) is 56.7 Å². The lowest BCUT2D eigenvalue weighted by Crippen LogP contribution is -2.48. The van der Waals surface area contributed by atoms with Crippen LogP contribution in [0.25, 0.3) is 5.65 Å². The SMILES string of the molecule is Cc1c(CN2CCC[C@@]3(CCC(=O)N3CCS(C)(=O)=O)CC2)nc2ccccn12. The number of carbonyl (C=O) groups is 1. The predicted octanol–water partition coefficient (Wildman–Crippen LogP) is 2.03. The molecule has 2 aliphatic heterocycles. The standard InChI is InChI=1S/C21H30N4O3S/c1-17-18(22-19-6-3-4-12-24(17)19)16-23-11-5-8-21(10-13-23)9-7-20(26)25(21)14-15-29(2,27)28/h3-4,6,12H,5,7-11,13-16H2,1-2H3/t21-/m1/s1. The highest BCUT2D eigenvalue weighted by molar-refractivity contribution is 7.90. The Morgan fingerprint density at radius 2 is 2.00 bits per heavy atom. The van der Waals surface area contributed by atoms with Gasteiger partial charge in [0.05, 0.1) is 11.4 Å². The van der Waals surface area contributed by atoms with Crippen molar-refractivity contribution < 1.29 is 13.2 Å². The van der Waals surface area contributed by atoms with E-state index >= 15 is 0 Å². The normalized spacial score (nSPS) is 23.9. The third-order valence-electron chi connectivity index (χ3n) is 6.61. The van der Waals surface area contributed by atoms with Gasteiger partial charge in [0.2, 0.25) is 5.91 Å². The molecule has 0 bridgehead atoms. The van der Waals surface area contributed by atoms with Crippen LogP contribution in [0.4, 0.5) is 0 Å². The summed E-state index contributed by atoms with van der Waals surface area (Å²) in [6.07, 6.45) is 7.52. The zero-order valence-electron chi connectivity index (χ0n) is 17.3. The predicted molar refractivity (Wildman–Crippen MR) is 112 cm³/mol. The number of amides is 1. The Balaban J connectivity index is 1.47. The number of aryl methyl sites for hydroxylation is 1. The number of rotatable bonds is 5. The summed E-state index contributed by atoms with van der Waals surface area (Å²) >= 11 is 0. The number of hydrogen-bond acceptors (Lipinski definition) is 5. The number of pyridine rings is 1. The maximum Gasteiger partial charge on any atom is 0.223 e. The van der Waals surface area contributed by atoms with Crippen molar-refractivity contribution in [2.75, 3.05) is 31.6 Å². The van der Waals surface area contributed by atoms with Gasteiger partial charge in [0, 0.05) is 49.7 Å². The average molecular weight is 419 g/mol. The third-order valence-corrected chi connectivity index (χ3v) is 7.54. The lowest BCUT2D eigenvalue weighted by atomic mass is 9.88. The van der Waals surface area contributed by atoms with Crippen molar-refractivity contribution in [3.63, 3.8) is 0 Å². The second kappa shape index (κ2) is 7.72. The number of imidazole rings is 1. The fourth-order valence-electron chi connectivity index (χ4n) is 4.93. The van der Waals surface area contributed by atoms with Gasteiger partial charge in [-0.05, 0) is 51.3 Å². The van der Waals surface area contributed by atoms with Crippen molar-refractivity contribution in [1.29, 1.82) is 0 Å². The van der Waals surface area contributed by atoms with Gasteiger partial charge in [-0.2, -0.15) is 0 Å². The summed E-state index contributed by atoms with van der Waals surface area (Å²) in [7, 11) is -3.08. The molecule has 0 saturated carbocycles. The molecule has 4 rings (SSSR count). The Morgan fingerprint density at radius 1 is 1.17 bits per heavy atom. The van der Waals surface area contributed by atoms with E-state index in [1.54, 1.807) is 0 Å². The van der Waals surface area contributed by atoms with E-state index in [-0.39, 0.29) is 17.2 Å². The van der Waals surface area contributed by atoms with Crippen molar-refractivity contribution in [3.8, 4) is 0 Å². The largest absolute Gasteiger partial charge is 0.336 e. The summed E-state index contributed by atoms with van der Waals surface area (Å²) < 4.78 is 25.4. The van der Waals surface area contributed by atoms with E-state index in [1.807, 2.05) is 29.3 Å². The van der Waals surface area contributed by atoms with E-state index in [1.165, 1.54) is 11.9 Å². The summed E-state index contributed by atoms with van der Waals surface area (Å²) in [5, 5.41) is 0. The summed E-state index contributed by atoms with van der Waals surface area (Å²) in [5.74, 6) is 0.156. The van der Waals surface area contributed by atoms with Crippen LogP contribution < -0.4 is 0 Å². The molecule has 158 valence electrons. The van der Waals surface area contributed by atoms with Crippen molar-refractivity contribution in [2.24, 2.45) is 0 Å². The van der Waals surface area contributed by atoms with Gasteiger partial charge in [-0.1, -0.05) is 6.07 Å². The van der Waals surface area contributed by atoms with E-state index in [4.69, 9.17) is 4.98 Å². The lowest BCUT2D eigenvalue weighted by molar-refractivity contribution is -0.131. The highest BCUT2D eigenvalue weighted by Gasteiger charge is 2.45. The van der Waals surface area contributed by atoms with Crippen molar-refractivity contribution in [1.82, 2.24) is 19.2 Å². The fourth-order valence-corrected chi connectivity index (χ4v) is 5.45. The van der Waals surface area contributed by atoms with E-state index in [9.17, 15) is 13.2 Å². The van der Waals surface area contributed by atoms with Gasteiger partial charge < -0.3 is 9.30 Å². The van der Waals surface area contributed by atoms with Gasteiger partial charge in [-0.3, -0.25) is 9.69 Å². The molecule has 1 spiro atoms. The van der Waals surface area contributed by atoms with Gasteiger partial charge in [0.1, 0.15) is 15.5 Å². The summed E-state index contributed by atoms with van der Waals surface area (Å²) in [4.78, 5) is 21.6. The van der Waals surface area contributed by atoms with Gasteiger partial charge in [0.25, 0.3) is 0 Å². The summed E-state index contributed by atoms with van der Waals surface area (Å²) in [6, 6.07) is 6.05. The highest BCUT2D eigenvalue weighted by Crippen LogP contribution is 2.39. The van der Waals surface area contributed by atoms with Gasteiger partial charge in [-0.15, -0.1) is 0 Å². The third kappa shape index (κ3) is 4.19. The molecule has 4 heterocycles. The quantitative estimate of drug-likeness (QED) is 0.743. The first-order valence-corrected chi connectivity index (χ1v) is 12.5. The second-order valence-electron chi connectivity index (χ2n) is 8.60. The van der Waals surface area contributed by atoms with Gasteiger partial charge in [0.15, 0.2) is 0 Å². The number of carbonyl (C=O) groups excluding carboxylic acids is 1. The van der Waals surface area contributed by atoms with Crippen molar-refractivity contribution >= 4 is 21.4 Å². The molecule has 0 unspecified atom stereocenters. The van der Waals surface area contributed by atoms with E-state index < -0.39 is 9.84 Å². The topological polar surface area (TPSA) is 75.0 Å². The Labute approximate surface area is 172 Å². The first-order valence-electron chi connectivity index (χ1n) is 10.4. The number of sulfone groups is 1. The first kappa shape index (κ1) is 20.3. The molecule has 0 aliphatic carbocycles. The minimum absolute atomic E-state index is 0.0463. The van der Waals surface area contributed by atoms with Gasteiger partial charge in [-0.25, -0.2) is 13.4 Å². The van der Waals surface area contributed by atoms with Crippen LogP contribution in [0.1, 0.15) is 43.5 Å². The first-order chi connectivity index (χ1) is 13.8. The summed E-state index contributed by atoms with van der Waals surface area (Å²) in [6.45, 7) is 5.11. The van der Waals surface area contributed by atoms with Crippen LogP contribution in [-0.2, 0) is 21.2 Å². The average Bonchev–Trinajstić information content (AvgIpc) is 3.05. The zero-order chi connectivity index (χ0) is 20.6. The molecule has 8 heteroatoms. The Bertz CT molecular complexity index is 1020. The minimum Gasteiger partial charge on any atom is -0.336 e. The van der Waals surface area contributed by atoms with Crippen LogP contribution >= 0.6 is 0 Å². The molecule has 1 amide bonds. The molecule has 0 aromatic carbocycles. The number of hydrogen-bond donors (Lipinski definition) is 0.